The molecule has 0 rings (SSSR count). The molecular formula is C11H22N2O4. The molecule has 0 aromatic carbocycles. The van der Waals surface area contributed by atoms with Gasteiger partial charge in [-0.05, 0) is 19.8 Å². The van der Waals surface area contributed by atoms with Crippen LogP contribution >= 0.6 is 0 Å². The van der Waals surface area contributed by atoms with E-state index < -0.39 is 6.09 Å². The predicted octanol–water partition coefficient (Wildman–Crippen LogP) is 0.353. The Morgan fingerprint density at radius 3 is 2.59 bits per heavy atom. The zero-order valence-corrected chi connectivity index (χ0v) is 10.6. The van der Waals surface area contributed by atoms with Gasteiger partial charge in [0.2, 0.25) is 5.91 Å². The Bertz CT molecular complexity index is 234. The van der Waals surface area contributed by atoms with Crippen LogP contribution in [0.25, 0.3) is 0 Å². The van der Waals surface area contributed by atoms with Gasteiger partial charge < -0.3 is 15.2 Å². The standard InChI is InChI=1S/C11H22N2O4/c1-3-7-13(11(16)17-4-2)9-10(15)12-6-5-8-14/h14H,3-9H2,1-2H3,(H,12,15). The monoisotopic (exact) mass is 246 g/mol. The third-order valence-electron chi connectivity index (χ3n) is 2.01. The molecule has 0 aromatic rings. The molecule has 0 radical (unpaired) electrons. The van der Waals surface area contributed by atoms with Crippen LogP contribution in [0.2, 0.25) is 0 Å². The first-order valence-electron chi connectivity index (χ1n) is 5.94. The minimum atomic E-state index is -0.466. The van der Waals surface area contributed by atoms with Crippen molar-refractivity contribution in [3.8, 4) is 0 Å². The van der Waals surface area contributed by atoms with Gasteiger partial charge in [-0.3, -0.25) is 9.69 Å². The first kappa shape index (κ1) is 15.7. The van der Waals surface area contributed by atoms with Crippen LogP contribution < -0.4 is 5.32 Å². The molecule has 100 valence electrons. The van der Waals surface area contributed by atoms with Crippen LogP contribution in [0.3, 0.4) is 0 Å². The first-order chi connectivity index (χ1) is 8.15. The van der Waals surface area contributed by atoms with E-state index in [1.54, 1.807) is 6.92 Å². The van der Waals surface area contributed by atoms with Crippen molar-refractivity contribution < 1.29 is 19.4 Å². The summed E-state index contributed by atoms with van der Waals surface area (Å²) in [6, 6.07) is 0. The van der Waals surface area contributed by atoms with Crippen molar-refractivity contribution in [2.75, 3.05) is 32.8 Å². The lowest BCUT2D eigenvalue weighted by Crippen LogP contribution is -2.41. The smallest absolute Gasteiger partial charge is 0.410 e. The third-order valence-corrected chi connectivity index (χ3v) is 2.01. The fourth-order valence-corrected chi connectivity index (χ4v) is 1.26. The zero-order valence-electron chi connectivity index (χ0n) is 10.6. The van der Waals surface area contributed by atoms with Gasteiger partial charge in [-0.2, -0.15) is 0 Å². The van der Waals surface area contributed by atoms with Crippen molar-refractivity contribution in [3.05, 3.63) is 0 Å². The highest BCUT2D eigenvalue weighted by Crippen LogP contribution is 1.96. The molecule has 0 saturated carbocycles. The molecule has 0 unspecified atom stereocenters. The Morgan fingerprint density at radius 2 is 2.06 bits per heavy atom. The molecule has 6 nitrogen and oxygen atoms in total. The summed E-state index contributed by atoms with van der Waals surface area (Å²) in [4.78, 5) is 24.3. The molecule has 0 saturated heterocycles. The van der Waals surface area contributed by atoms with E-state index in [4.69, 9.17) is 9.84 Å². The van der Waals surface area contributed by atoms with E-state index in [0.29, 0.717) is 26.1 Å². The van der Waals surface area contributed by atoms with E-state index in [1.165, 1.54) is 4.90 Å². The number of carbonyl (C=O) groups excluding carboxylic acids is 2. The molecule has 0 aliphatic heterocycles. The minimum absolute atomic E-state index is 0.00188. The molecule has 0 aliphatic rings. The van der Waals surface area contributed by atoms with Gasteiger partial charge in [0.15, 0.2) is 0 Å². The molecule has 0 aromatic heterocycles. The van der Waals surface area contributed by atoms with Crippen molar-refractivity contribution in [1.82, 2.24) is 10.2 Å². The summed E-state index contributed by atoms with van der Waals surface area (Å²) < 4.78 is 4.85. The Hall–Kier alpha value is -1.30. The summed E-state index contributed by atoms with van der Waals surface area (Å²) in [5.74, 6) is -0.236. The summed E-state index contributed by atoms with van der Waals surface area (Å²) in [6.45, 7) is 4.89. The fraction of sp³-hybridized carbons (Fsp3) is 0.818. The molecule has 0 spiro atoms. The number of hydrogen-bond donors (Lipinski definition) is 2. The second-order valence-corrected chi connectivity index (χ2v) is 3.55. The normalized spacial score (nSPS) is 9.82. The van der Waals surface area contributed by atoms with Gasteiger partial charge in [-0.15, -0.1) is 0 Å². The maximum absolute atomic E-state index is 11.5. The van der Waals surface area contributed by atoms with Crippen molar-refractivity contribution in [3.63, 3.8) is 0 Å². The van der Waals surface area contributed by atoms with Crippen LogP contribution in [0, 0.1) is 0 Å². The number of carbonyl (C=O) groups is 2. The van der Waals surface area contributed by atoms with Gasteiger partial charge in [0.25, 0.3) is 0 Å². The van der Waals surface area contributed by atoms with Crippen molar-refractivity contribution in [1.29, 1.82) is 0 Å². The first-order valence-corrected chi connectivity index (χ1v) is 5.94. The molecule has 0 atom stereocenters. The number of aliphatic hydroxyl groups excluding tert-OH is 1. The largest absolute Gasteiger partial charge is 0.450 e. The Balaban J connectivity index is 4.05. The zero-order chi connectivity index (χ0) is 13.1. The lowest BCUT2D eigenvalue weighted by Gasteiger charge is -2.20. The molecular weight excluding hydrogens is 224 g/mol. The Kier molecular flexibility index (Phi) is 9.14. The quantitative estimate of drug-likeness (QED) is 0.606. The minimum Gasteiger partial charge on any atom is -0.450 e. The third kappa shape index (κ3) is 7.57. The maximum Gasteiger partial charge on any atom is 0.410 e. The molecule has 17 heavy (non-hydrogen) atoms. The number of nitrogens with zero attached hydrogens (tertiary/aromatic N) is 1. The fourth-order valence-electron chi connectivity index (χ4n) is 1.26. The van der Waals surface area contributed by atoms with Gasteiger partial charge in [-0.1, -0.05) is 6.92 Å². The maximum atomic E-state index is 11.5. The van der Waals surface area contributed by atoms with E-state index in [0.717, 1.165) is 6.42 Å². The lowest BCUT2D eigenvalue weighted by molar-refractivity contribution is -0.122. The van der Waals surface area contributed by atoms with Gasteiger partial charge in [0.1, 0.15) is 6.54 Å². The summed E-state index contributed by atoms with van der Waals surface area (Å²) in [7, 11) is 0. The van der Waals surface area contributed by atoms with Crippen LogP contribution in [0.4, 0.5) is 4.79 Å². The van der Waals surface area contributed by atoms with E-state index in [9.17, 15) is 9.59 Å². The molecule has 6 heteroatoms. The highest BCUT2D eigenvalue weighted by Gasteiger charge is 2.16. The average molecular weight is 246 g/mol. The average Bonchev–Trinajstić information content (AvgIpc) is 2.29. The van der Waals surface area contributed by atoms with Gasteiger partial charge in [-0.25, -0.2) is 4.79 Å². The van der Waals surface area contributed by atoms with Crippen LogP contribution in [-0.4, -0.2) is 54.9 Å². The number of rotatable bonds is 8. The second-order valence-electron chi connectivity index (χ2n) is 3.55. The second kappa shape index (κ2) is 9.89. The predicted molar refractivity (Wildman–Crippen MR) is 63.6 cm³/mol. The van der Waals surface area contributed by atoms with E-state index in [2.05, 4.69) is 5.32 Å². The molecule has 0 fully saturated rings. The van der Waals surface area contributed by atoms with E-state index in [-0.39, 0.29) is 19.1 Å². The Labute approximate surface area is 102 Å². The van der Waals surface area contributed by atoms with Crippen LogP contribution in [-0.2, 0) is 9.53 Å². The summed E-state index contributed by atoms with van der Waals surface area (Å²) in [5, 5.41) is 11.2. The van der Waals surface area contributed by atoms with Gasteiger partial charge in [0.05, 0.1) is 6.61 Å². The highest BCUT2D eigenvalue weighted by atomic mass is 16.6. The molecule has 0 aliphatic carbocycles. The van der Waals surface area contributed by atoms with E-state index in [1.807, 2.05) is 6.92 Å². The highest BCUT2D eigenvalue weighted by molar-refractivity contribution is 5.82. The molecule has 0 bridgehead atoms. The molecule has 0 heterocycles. The Morgan fingerprint density at radius 1 is 1.35 bits per heavy atom. The number of amides is 2. The van der Waals surface area contributed by atoms with Crippen LogP contribution in [0.1, 0.15) is 26.7 Å². The van der Waals surface area contributed by atoms with Crippen molar-refractivity contribution in [2.45, 2.75) is 26.7 Å². The SMILES string of the molecule is CCCN(CC(=O)NCCCO)C(=O)OCC. The number of nitrogens with one attached hydrogen (secondary N) is 1. The van der Waals surface area contributed by atoms with Crippen LogP contribution in [0.5, 0.6) is 0 Å². The lowest BCUT2D eigenvalue weighted by atomic mass is 10.4. The number of ether oxygens (including phenoxy) is 1. The topological polar surface area (TPSA) is 78.9 Å². The van der Waals surface area contributed by atoms with Crippen LogP contribution in [0.15, 0.2) is 0 Å². The van der Waals surface area contributed by atoms with Gasteiger partial charge >= 0.3 is 6.09 Å². The number of hydrogen-bond acceptors (Lipinski definition) is 4. The summed E-state index contributed by atoms with van der Waals surface area (Å²) in [5.41, 5.74) is 0. The summed E-state index contributed by atoms with van der Waals surface area (Å²) >= 11 is 0. The number of aliphatic hydroxyl groups is 1. The van der Waals surface area contributed by atoms with Crippen molar-refractivity contribution >= 4 is 12.0 Å². The van der Waals surface area contributed by atoms with Gasteiger partial charge in [0, 0.05) is 19.7 Å². The van der Waals surface area contributed by atoms with Crippen molar-refractivity contribution in [2.24, 2.45) is 0 Å². The summed E-state index contributed by atoms with van der Waals surface area (Å²) in [6.07, 6.45) is 0.813. The molecule has 2 amide bonds. The van der Waals surface area contributed by atoms with E-state index >= 15 is 0 Å². The molecule has 2 N–H and O–H groups in total.